The number of nitrogen functional groups attached to an aromatic ring is 1. The van der Waals surface area contributed by atoms with Crippen molar-refractivity contribution in [2.75, 3.05) is 5.73 Å². The molecule has 1 aromatic carbocycles. The van der Waals surface area contributed by atoms with E-state index in [0.29, 0.717) is 0 Å². The summed E-state index contributed by atoms with van der Waals surface area (Å²) < 4.78 is 25.7. The van der Waals surface area contributed by atoms with Crippen molar-refractivity contribution < 1.29 is 13.2 Å². The Morgan fingerprint density at radius 1 is 1.35 bits per heavy atom. The molecule has 0 radical (unpaired) electrons. The molecule has 0 heterocycles. The molecule has 3 N–H and O–H groups in total. The summed E-state index contributed by atoms with van der Waals surface area (Å²) in [5.41, 5.74) is 6.62. The predicted molar refractivity (Wildman–Crippen MR) is 65.8 cm³/mol. The van der Waals surface area contributed by atoms with Gasteiger partial charge in [-0.25, -0.2) is 13.1 Å². The number of anilines is 1. The maximum atomic E-state index is 11.9. The molecule has 0 bridgehead atoms. The van der Waals surface area contributed by atoms with Gasteiger partial charge in [-0.3, -0.25) is 4.79 Å². The summed E-state index contributed by atoms with van der Waals surface area (Å²) in [6.07, 6.45) is 0. The summed E-state index contributed by atoms with van der Waals surface area (Å²) >= 11 is 0. The van der Waals surface area contributed by atoms with E-state index in [-0.39, 0.29) is 10.6 Å². The number of carbonyl (C=O) groups is 1. The summed E-state index contributed by atoms with van der Waals surface area (Å²) in [6, 6.07) is 4.57. The van der Waals surface area contributed by atoms with Crippen molar-refractivity contribution >= 4 is 21.6 Å². The number of benzene rings is 1. The van der Waals surface area contributed by atoms with Crippen LogP contribution in [0.2, 0.25) is 0 Å². The Bertz CT molecular complexity index is 536. The minimum absolute atomic E-state index is 0.0721. The van der Waals surface area contributed by atoms with Gasteiger partial charge in [0.05, 0.1) is 5.69 Å². The highest BCUT2D eigenvalue weighted by atomic mass is 32.2. The van der Waals surface area contributed by atoms with Gasteiger partial charge in [-0.2, -0.15) is 0 Å². The standard InChI is InChI=1S/C11H16N2O3S/c1-7(2)11(14)13-17(15,16)10-5-4-8(3)6-9(10)12/h4-7H,12H2,1-3H3,(H,13,14). The Morgan fingerprint density at radius 2 is 1.94 bits per heavy atom. The van der Waals surface area contributed by atoms with Crippen LogP contribution in [0, 0.1) is 12.8 Å². The second-order valence-electron chi connectivity index (χ2n) is 4.17. The van der Waals surface area contributed by atoms with Crippen LogP contribution < -0.4 is 10.5 Å². The number of carbonyl (C=O) groups excluding carboxylic acids is 1. The lowest BCUT2D eigenvalue weighted by atomic mass is 10.2. The van der Waals surface area contributed by atoms with Gasteiger partial charge in [-0.1, -0.05) is 19.9 Å². The maximum Gasteiger partial charge on any atom is 0.266 e. The Morgan fingerprint density at radius 3 is 2.41 bits per heavy atom. The number of nitrogens with one attached hydrogen (secondary N) is 1. The molecule has 0 aliphatic rings. The van der Waals surface area contributed by atoms with E-state index in [4.69, 9.17) is 5.73 Å². The fourth-order valence-electron chi connectivity index (χ4n) is 1.22. The number of aryl methyl sites for hydroxylation is 1. The fraction of sp³-hybridized carbons (Fsp3) is 0.364. The van der Waals surface area contributed by atoms with Crippen LogP contribution in [0.5, 0.6) is 0 Å². The summed E-state index contributed by atoms with van der Waals surface area (Å²) in [4.78, 5) is 11.3. The van der Waals surface area contributed by atoms with Crippen LogP contribution in [0.3, 0.4) is 0 Å². The van der Waals surface area contributed by atoms with Crippen LogP contribution in [0.4, 0.5) is 5.69 Å². The zero-order valence-electron chi connectivity index (χ0n) is 10.0. The molecule has 0 aliphatic carbocycles. The number of hydrogen-bond donors (Lipinski definition) is 2. The van der Waals surface area contributed by atoms with Gasteiger partial charge in [0.25, 0.3) is 10.0 Å². The predicted octanol–water partition coefficient (Wildman–Crippen LogP) is 1.04. The molecule has 94 valence electrons. The zero-order chi connectivity index (χ0) is 13.2. The van der Waals surface area contributed by atoms with E-state index in [1.54, 1.807) is 32.9 Å². The lowest BCUT2D eigenvalue weighted by Gasteiger charge is -2.11. The van der Waals surface area contributed by atoms with Crippen LogP contribution in [0.15, 0.2) is 23.1 Å². The molecule has 1 rings (SSSR count). The topological polar surface area (TPSA) is 89.3 Å². The first kappa shape index (κ1) is 13.5. The summed E-state index contributed by atoms with van der Waals surface area (Å²) in [7, 11) is -3.88. The van der Waals surface area contributed by atoms with E-state index in [2.05, 4.69) is 0 Å². The monoisotopic (exact) mass is 256 g/mol. The third-order valence-corrected chi connectivity index (χ3v) is 3.63. The van der Waals surface area contributed by atoms with Gasteiger partial charge in [-0.15, -0.1) is 0 Å². The third-order valence-electron chi connectivity index (χ3n) is 2.21. The maximum absolute atomic E-state index is 11.9. The quantitative estimate of drug-likeness (QED) is 0.791. The van der Waals surface area contributed by atoms with Crippen LogP contribution in [0.25, 0.3) is 0 Å². The van der Waals surface area contributed by atoms with Gasteiger partial charge in [0, 0.05) is 5.92 Å². The number of nitrogens with two attached hydrogens (primary N) is 1. The minimum Gasteiger partial charge on any atom is -0.398 e. The average molecular weight is 256 g/mol. The molecule has 0 saturated carbocycles. The molecule has 0 spiro atoms. The van der Waals surface area contributed by atoms with E-state index in [1.165, 1.54) is 6.07 Å². The average Bonchev–Trinajstić information content (AvgIpc) is 2.15. The number of amides is 1. The minimum atomic E-state index is -3.88. The molecular weight excluding hydrogens is 240 g/mol. The summed E-state index contributed by atoms with van der Waals surface area (Å²) in [5.74, 6) is -0.957. The molecule has 0 unspecified atom stereocenters. The summed E-state index contributed by atoms with van der Waals surface area (Å²) in [6.45, 7) is 5.03. The van der Waals surface area contributed by atoms with Crippen molar-refractivity contribution in [3.63, 3.8) is 0 Å². The Labute approximate surface area is 101 Å². The van der Waals surface area contributed by atoms with Crippen molar-refractivity contribution in [3.8, 4) is 0 Å². The van der Waals surface area contributed by atoms with Crippen LogP contribution in [0.1, 0.15) is 19.4 Å². The van der Waals surface area contributed by atoms with Gasteiger partial charge in [0.15, 0.2) is 0 Å². The second-order valence-corrected chi connectivity index (χ2v) is 5.82. The Kier molecular flexibility index (Phi) is 3.77. The highest BCUT2D eigenvalue weighted by Gasteiger charge is 2.21. The van der Waals surface area contributed by atoms with Gasteiger partial charge in [-0.05, 0) is 24.6 Å². The smallest absolute Gasteiger partial charge is 0.266 e. The molecule has 1 amide bonds. The number of sulfonamides is 1. The van der Waals surface area contributed by atoms with Crippen LogP contribution >= 0.6 is 0 Å². The normalized spacial score (nSPS) is 11.5. The molecule has 0 fully saturated rings. The SMILES string of the molecule is Cc1ccc(S(=O)(=O)NC(=O)C(C)C)c(N)c1. The van der Waals surface area contributed by atoms with Gasteiger partial charge < -0.3 is 5.73 Å². The lowest BCUT2D eigenvalue weighted by Crippen LogP contribution is -2.34. The third kappa shape index (κ3) is 3.20. The fourth-order valence-corrected chi connectivity index (χ4v) is 2.44. The highest BCUT2D eigenvalue weighted by Crippen LogP contribution is 2.19. The second kappa shape index (κ2) is 4.75. The zero-order valence-corrected chi connectivity index (χ0v) is 10.8. The van der Waals surface area contributed by atoms with Gasteiger partial charge in [0.2, 0.25) is 5.91 Å². The lowest BCUT2D eigenvalue weighted by molar-refractivity contribution is -0.122. The van der Waals surface area contributed by atoms with E-state index in [9.17, 15) is 13.2 Å². The molecular formula is C11H16N2O3S. The molecule has 5 nitrogen and oxygen atoms in total. The van der Waals surface area contributed by atoms with Crippen LogP contribution in [-0.4, -0.2) is 14.3 Å². The molecule has 6 heteroatoms. The van der Waals surface area contributed by atoms with Crippen molar-refractivity contribution in [3.05, 3.63) is 23.8 Å². The van der Waals surface area contributed by atoms with Crippen molar-refractivity contribution in [2.24, 2.45) is 5.92 Å². The molecule has 0 aromatic heterocycles. The number of rotatable bonds is 3. The van der Waals surface area contributed by atoms with E-state index >= 15 is 0 Å². The molecule has 0 atom stereocenters. The van der Waals surface area contributed by atoms with Crippen LogP contribution in [-0.2, 0) is 14.8 Å². The number of hydrogen-bond acceptors (Lipinski definition) is 4. The molecule has 0 saturated heterocycles. The van der Waals surface area contributed by atoms with Crippen molar-refractivity contribution in [1.82, 2.24) is 4.72 Å². The van der Waals surface area contributed by atoms with E-state index < -0.39 is 21.8 Å². The molecule has 0 aliphatic heterocycles. The Balaban J connectivity index is 3.10. The van der Waals surface area contributed by atoms with Gasteiger partial charge >= 0.3 is 0 Å². The van der Waals surface area contributed by atoms with Gasteiger partial charge in [0.1, 0.15) is 4.90 Å². The molecule has 17 heavy (non-hydrogen) atoms. The molecule has 1 aromatic rings. The Hall–Kier alpha value is -1.56. The van der Waals surface area contributed by atoms with Crippen molar-refractivity contribution in [2.45, 2.75) is 25.7 Å². The summed E-state index contributed by atoms with van der Waals surface area (Å²) in [5, 5.41) is 0. The van der Waals surface area contributed by atoms with E-state index in [0.717, 1.165) is 5.56 Å². The van der Waals surface area contributed by atoms with Crippen molar-refractivity contribution in [1.29, 1.82) is 0 Å². The van der Waals surface area contributed by atoms with E-state index in [1.807, 2.05) is 4.72 Å². The largest absolute Gasteiger partial charge is 0.398 e. The first-order valence-electron chi connectivity index (χ1n) is 5.17. The highest BCUT2D eigenvalue weighted by molar-refractivity contribution is 7.90. The first-order valence-corrected chi connectivity index (χ1v) is 6.65. The first-order chi connectivity index (χ1) is 7.74.